The first-order valence-corrected chi connectivity index (χ1v) is 12.3. The Balaban J connectivity index is 1.72. The zero-order chi connectivity index (χ0) is 26.9. The summed E-state index contributed by atoms with van der Waals surface area (Å²) in [6.07, 6.45) is 1.13. The molecule has 7 heteroatoms. The Morgan fingerprint density at radius 1 is 0.895 bits per heavy atom. The summed E-state index contributed by atoms with van der Waals surface area (Å²) in [4.78, 5) is 24.1. The number of nitrogens with one attached hydrogen (secondary N) is 1. The van der Waals surface area contributed by atoms with Crippen molar-refractivity contribution in [1.82, 2.24) is 0 Å². The van der Waals surface area contributed by atoms with Gasteiger partial charge in [-0.1, -0.05) is 72.3 Å². The van der Waals surface area contributed by atoms with E-state index in [1.807, 2.05) is 55.5 Å². The van der Waals surface area contributed by atoms with Crippen LogP contribution in [0.15, 0.2) is 103 Å². The van der Waals surface area contributed by atoms with Crippen molar-refractivity contribution in [2.24, 2.45) is 0 Å². The van der Waals surface area contributed by atoms with Crippen LogP contribution in [-0.2, 0) is 9.53 Å². The number of carbonyl (C=O) groups excluding carboxylic acids is 1. The number of aryl methyl sites for hydroxylation is 1. The molecule has 3 N–H and O–H groups in total. The van der Waals surface area contributed by atoms with Crippen LogP contribution in [0.25, 0.3) is 10.8 Å². The number of benzene rings is 4. The third-order valence-corrected chi connectivity index (χ3v) is 6.02. The number of fused-ring (bicyclic) bond motifs is 1. The molecule has 0 heterocycles. The van der Waals surface area contributed by atoms with Gasteiger partial charge in [-0.3, -0.25) is 5.32 Å². The highest BCUT2D eigenvalue weighted by Gasteiger charge is 2.30. The number of rotatable bonds is 10. The second-order valence-corrected chi connectivity index (χ2v) is 8.82. The van der Waals surface area contributed by atoms with Gasteiger partial charge in [-0.2, -0.15) is 0 Å². The average Bonchev–Trinajstić information content (AvgIpc) is 2.91. The molecule has 38 heavy (non-hydrogen) atoms. The summed E-state index contributed by atoms with van der Waals surface area (Å²) in [6.45, 7) is 1.96. The summed E-state index contributed by atoms with van der Waals surface area (Å²) < 4.78 is 12.4. The van der Waals surface area contributed by atoms with E-state index >= 15 is 0 Å². The number of hydrogen-bond donors (Lipinski definition) is 3. The van der Waals surface area contributed by atoms with Crippen LogP contribution in [0, 0.1) is 6.92 Å². The molecule has 4 aromatic carbocycles. The normalized spacial score (nSPS) is 12.7. The minimum absolute atomic E-state index is 0.108. The fourth-order valence-corrected chi connectivity index (χ4v) is 4.18. The Morgan fingerprint density at radius 2 is 1.58 bits per heavy atom. The molecule has 0 spiro atoms. The second kappa shape index (κ2) is 12.5. The highest BCUT2D eigenvalue weighted by molar-refractivity contribution is 5.91. The van der Waals surface area contributed by atoms with E-state index in [1.165, 1.54) is 0 Å². The number of carboxylic acid groups (broad SMARTS) is 1. The van der Waals surface area contributed by atoms with E-state index in [9.17, 15) is 14.7 Å². The van der Waals surface area contributed by atoms with E-state index in [1.54, 1.807) is 48.5 Å². The Morgan fingerprint density at radius 3 is 2.29 bits per heavy atom. The third-order valence-electron chi connectivity index (χ3n) is 6.02. The van der Waals surface area contributed by atoms with Gasteiger partial charge in [0, 0.05) is 22.7 Å². The van der Waals surface area contributed by atoms with Crippen LogP contribution in [0.1, 0.15) is 30.1 Å². The lowest BCUT2D eigenvalue weighted by atomic mass is 9.94. The van der Waals surface area contributed by atoms with Crippen molar-refractivity contribution in [2.45, 2.75) is 32.0 Å². The minimum atomic E-state index is -1.04. The van der Waals surface area contributed by atoms with Gasteiger partial charge < -0.3 is 19.7 Å². The van der Waals surface area contributed by atoms with Crippen molar-refractivity contribution in [3.63, 3.8) is 0 Å². The van der Waals surface area contributed by atoms with Crippen LogP contribution < -0.4 is 10.1 Å². The molecule has 0 aliphatic carbocycles. The molecule has 0 aliphatic rings. The number of amides is 1. The Kier molecular flexibility index (Phi) is 8.61. The molecule has 4 aromatic rings. The summed E-state index contributed by atoms with van der Waals surface area (Å²) >= 11 is 0. The first-order valence-electron chi connectivity index (χ1n) is 12.3. The zero-order valence-electron chi connectivity index (χ0n) is 20.9. The van der Waals surface area contributed by atoms with E-state index in [-0.39, 0.29) is 5.75 Å². The molecule has 1 amide bonds. The first kappa shape index (κ1) is 26.3. The van der Waals surface area contributed by atoms with Gasteiger partial charge in [-0.15, -0.1) is 0 Å². The molecule has 7 nitrogen and oxygen atoms in total. The number of aromatic hydroxyl groups is 1. The number of ether oxygens (including phenoxy) is 2. The molecule has 2 atom stereocenters. The molecule has 0 bridgehead atoms. The van der Waals surface area contributed by atoms with Crippen LogP contribution in [0.2, 0.25) is 0 Å². The molecule has 4 rings (SSSR count). The summed E-state index contributed by atoms with van der Waals surface area (Å²) in [7, 11) is 0. The Hall–Kier alpha value is -4.78. The molecular formula is C31H29NO6. The molecule has 0 fully saturated rings. The number of allylic oxidation sites excluding steroid dienone is 1. The number of para-hydroxylation sites is 1. The summed E-state index contributed by atoms with van der Waals surface area (Å²) in [5.74, 6) is -0.354. The number of anilines is 1. The first-order chi connectivity index (χ1) is 18.4. The van der Waals surface area contributed by atoms with Crippen LogP contribution in [0.3, 0.4) is 0 Å². The van der Waals surface area contributed by atoms with E-state index in [0.29, 0.717) is 40.6 Å². The number of phenols is 1. The topological polar surface area (TPSA) is 105 Å². The van der Waals surface area contributed by atoms with Crippen molar-refractivity contribution < 1.29 is 29.3 Å². The average molecular weight is 512 g/mol. The van der Waals surface area contributed by atoms with Gasteiger partial charge in [0.1, 0.15) is 17.6 Å². The SMILES string of the molecule is Cc1ccc(NC(=O)O[C@@H](c2ccc(O)c3ccccc23)[C@H](CC/C=C/C(=O)O)Oc2ccccc2)cc1. The molecular weight excluding hydrogens is 482 g/mol. The van der Waals surface area contributed by atoms with Crippen molar-refractivity contribution in [1.29, 1.82) is 0 Å². The standard InChI is InChI=1S/C31H29NO6/c1-21-15-17-22(18-16-21)32-31(36)38-30(26-19-20-27(33)25-12-6-5-11-24(25)26)28(13-7-8-14-29(34)35)37-23-9-3-2-4-10-23/h2-6,8-12,14-20,28,30,33H,7,13H2,1H3,(H,32,36)(H,34,35)/b14-8+/t28-,30-/m0/s1. The van der Waals surface area contributed by atoms with Crippen molar-refractivity contribution in [2.75, 3.05) is 5.32 Å². The van der Waals surface area contributed by atoms with E-state index < -0.39 is 24.3 Å². The fraction of sp³-hybridized carbons (Fsp3) is 0.161. The van der Waals surface area contributed by atoms with Crippen LogP contribution in [0.4, 0.5) is 10.5 Å². The predicted octanol–water partition coefficient (Wildman–Crippen LogP) is 7.01. The maximum Gasteiger partial charge on any atom is 0.412 e. The highest BCUT2D eigenvalue weighted by atomic mass is 16.6. The Bertz CT molecular complexity index is 1420. The van der Waals surface area contributed by atoms with Gasteiger partial charge >= 0.3 is 12.1 Å². The van der Waals surface area contributed by atoms with Crippen molar-refractivity contribution in [3.05, 3.63) is 114 Å². The molecule has 0 unspecified atom stereocenters. The smallest absolute Gasteiger partial charge is 0.412 e. The largest absolute Gasteiger partial charge is 0.507 e. The molecule has 0 aromatic heterocycles. The van der Waals surface area contributed by atoms with Crippen LogP contribution >= 0.6 is 0 Å². The van der Waals surface area contributed by atoms with E-state index in [4.69, 9.17) is 14.6 Å². The summed E-state index contributed by atoms with van der Waals surface area (Å²) in [5, 5.41) is 23.6. The van der Waals surface area contributed by atoms with E-state index in [2.05, 4.69) is 5.32 Å². The van der Waals surface area contributed by atoms with Gasteiger partial charge in [0.05, 0.1) is 0 Å². The molecule has 0 aliphatic heterocycles. The van der Waals surface area contributed by atoms with Gasteiger partial charge in [-0.05, 0) is 55.5 Å². The van der Waals surface area contributed by atoms with Gasteiger partial charge in [0.2, 0.25) is 0 Å². The lowest BCUT2D eigenvalue weighted by Gasteiger charge is -2.29. The van der Waals surface area contributed by atoms with Crippen molar-refractivity contribution >= 4 is 28.5 Å². The molecule has 0 radical (unpaired) electrons. The monoisotopic (exact) mass is 511 g/mol. The van der Waals surface area contributed by atoms with Gasteiger partial charge in [-0.25, -0.2) is 9.59 Å². The number of aliphatic carboxylic acids is 1. The number of phenolic OH excluding ortho intramolecular Hbond substituents is 1. The quantitative estimate of drug-likeness (QED) is 0.198. The number of hydrogen-bond acceptors (Lipinski definition) is 5. The molecule has 194 valence electrons. The van der Waals surface area contributed by atoms with Crippen molar-refractivity contribution in [3.8, 4) is 11.5 Å². The molecule has 0 saturated carbocycles. The highest BCUT2D eigenvalue weighted by Crippen LogP contribution is 2.36. The number of carboxylic acids is 1. The summed E-state index contributed by atoms with van der Waals surface area (Å²) in [6, 6.07) is 27.1. The van der Waals surface area contributed by atoms with E-state index in [0.717, 1.165) is 11.6 Å². The fourth-order valence-electron chi connectivity index (χ4n) is 4.18. The second-order valence-electron chi connectivity index (χ2n) is 8.82. The maximum atomic E-state index is 13.1. The predicted molar refractivity (Wildman–Crippen MR) is 147 cm³/mol. The van der Waals surface area contributed by atoms with Crippen LogP contribution in [-0.4, -0.2) is 28.4 Å². The lowest BCUT2D eigenvalue weighted by Crippen LogP contribution is -2.31. The zero-order valence-corrected chi connectivity index (χ0v) is 20.9. The maximum absolute atomic E-state index is 13.1. The third kappa shape index (κ3) is 6.91. The van der Waals surface area contributed by atoms with Crippen LogP contribution in [0.5, 0.6) is 11.5 Å². The van der Waals surface area contributed by atoms with Gasteiger partial charge in [0.15, 0.2) is 6.10 Å². The lowest BCUT2D eigenvalue weighted by molar-refractivity contribution is -0.131. The minimum Gasteiger partial charge on any atom is -0.507 e. The molecule has 0 saturated heterocycles. The number of carbonyl (C=O) groups is 2. The Labute approximate surface area is 221 Å². The van der Waals surface area contributed by atoms with Gasteiger partial charge in [0.25, 0.3) is 0 Å². The summed E-state index contributed by atoms with van der Waals surface area (Å²) in [5.41, 5.74) is 2.29.